The number of carboxylic acids is 1. The maximum Gasteiger partial charge on any atom is 0.303 e. The van der Waals surface area contributed by atoms with Gasteiger partial charge in [0, 0.05) is 0 Å². The van der Waals surface area contributed by atoms with Crippen molar-refractivity contribution in [2.45, 2.75) is 33.6 Å². The van der Waals surface area contributed by atoms with E-state index in [2.05, 4.69) is 13.8 Å². The number of hydrogen-bond acceptors (Lipinski definition) is 2. The van der Waals surface area contributed by atoms with E-state index in [1.165, 1.54) is 0 Å². The molecule has 0 aromatic heterocycles. The molecule has 12 heavy (non-hydrogen) atoms. The van der Waals surface area contributed by atoms with E-state index in [4.69, 9.17) is 10.8 Å². The quantitative estimate of drug-likeness (QED) is 0.661. The van der Waals surface area contributed by atoms with E-state index >= 15 is 0 Å². The van der Waals surface area contributed by atoms with Crippen LogP contribution in [0.4, 0.5) is 0 Å². The second-order valence-electron chi connectivity index (χ2n) is 3.74. The maximum absolute atomic E-state index is 10.5. The molecule has 0 amide bonds. The molecule has 0 rings (SSSR count). The molecule has 0 aliphatic carbocycles. The van der Waals surface area contributed by atoms with Crippen molar-refractivity contribution in [1.82, 2.24) is 0 Å². The molecule has 0 aliphatic heterocycles. The van der Waals surface area contributed by atoms with Crippen LogP contribution in [0.25, 0.3) is 0 Å². The molecule has 0 radical (unpaired) electrons. The molecule has 72 valence electrons. The van der Waals surface area contributed by atoms with Gasteiger partial charge < -0.3 is 10.8 Å². The summed E-state index contributed by atoms with van der Waals surface area (Å²) in [4.78, 5) is 10.5. The lowest BCUT2D eigenvalue weighted by atomic mass is 9.74. The second-order valence-corrected chi connectivity index (χ2v) is 3.74. The van der Waals surface area contributed by atoms with Gasteiger partial charge in [-0.3, -0.25) is 4.79 Å². The number of hydrogen-bond donors (Lipinski definition) is 2. The molecule has 3 heteroatoms. The Kier molecular flexibility index (Phi) is 4.24. The highest BCUT2D eigenvalue weighted by Crippen LogP contribution is 2.31. The SMILES string of the molecule is CCC(C)C(C)(CN)CC(=O)O. The van der Waals surface area contributed by atoms with Crippen LogP contribution in [0.1, 0.15) is 33.6 Å². The summed E-state index contributed by atoms with van der Waals surface area (Å²) in [6.45, 7) is 6.49. The summed E-state index contributed by atoms with van der Waals surface area (Å²) < 4.78 is 0. The highest BCUT2D eigenvalue weighted by Gasteiger charge is 2.30. The van der Waals surface area contributed by atoms with Crippen LogP contribution in [0, 0.1) is 11.3 Å². The van der Waals surface area contributed by atoms with Gasteiger partial charge in [0.25, 0.3) is 0 Å². The molecule has 3 nitrogen and oxygen atoms in total. The van der Waals surface area contributed by atoms with Crippen LogP contribution in [0.15, 0.2) is 0 Å². The van der Waals surface area contributed by atoms with Gasteiger partial charge >= 0.3 is 5.97 Å². The van der Waals surface area contributed by atoms with Gasteiger partial charge in [0.2, 0.25) is 0 Å². The minimum Gasteiger partial charge on any atom is -0.481 e. The van der Waals surface area contributed by atoms with E-state index in [0.717, 1.165) is 6.42 Å². The lowest BCUT2D eigenvalue weighted by Crippen LogP contribution is -2.35. The van der Waals surface area contributed by atoms with Gasteiger partial charge in [-0.15, -0.1) is 0 Å². The molecule has 0 aromatic carbocycles. The van der Waals surface area contributed by atoms with Crippen LogP contribution in [0.2, 0.25) is 0 Å². The minimum absolute atomic E-state index is 0.165. The number of rotatable bonds is 5. The van der Waals surface area contributed by atoms with E-state index < -0.39 is 5.97 Å². The van der Waals surface area contributed by atoms with Crippen LogP contribution in [0.5, 0.6) is 0 Å². The summed E-state index contributed by atoms with van der Waals surface area (Å²) in [6, 6.07) is 0. The monoisotopic (exact) mass is 173 g/mol. The number of carboxylic acid groups (broad SMARTS) is 1. The highest BCUT2D eigenvalue weighted by atomic mass is 16.4. The molecule has 0 saturated heterocycles. The Morgan fingerprint density at radius 3 is 2.42 bits per heavy atom. The minimum atomic E-state index is -0.761. The molecule has 0 saturated carbocycles. The van der Waals surface area contributed by atoms with Crippen LogP contribution in [-0.4, -0.2) is 17.6 Å². The number of nitrogens with two attached hydrogens (primary N) is 1. The number of aliphatic carboxylic acids is 1. The van der Waals surface area contributed by atoms with E-state index in [9.17, 15) is 4.79 Å². The second kappa shape index (κ2) is 4.45. The summed E-state index contributed by atoms with van der Waals surface area (Å²) >= 11 is 0. The zero-order valence-electron chi connectivity index (χ0n) is 8.13. The lowest BCUT2D eigenvalue weighted by molar-refractivity contribution is -0.140. The zero-order valence-corrected chi connectivity index (χ0v) is 8.13. The molecule has 2 atom stereocenters. The average Bonchev–Trinajstić information content (AvgIpc) is 2.01. The fraction of sp³-hybridized carbons (Fsp3) is 0.889. The van der Waals surface area contributed by atoms with Crippen LogP contribution < -0.4 is 5.73 Å². The van der Waals surface area contributed by atoms with Crippen LogP contribution in [0.3, 0.4) is 0 Å². The fourth-order valence-electron chi connectivity index (χ4n) is 1.29. The Morgan fingerprint density at radius 1 is 1.67 bits per heavy atom. The van der Waals surface area contributed by atoms with Crippen molar-refractivity contribution in [2.75, 3.05) is 6.54 Å². The molecule has 0 spiro atoms. The van der Waals surface area contributed by atoms with E-state index in [0.29, 0.717) is 12.5 Å². The Bertz CT molecular complexity index is 159. The van der Waals surface area contributed by atoms with Gasteiger partial charge in [-0.2, -0.15) is 0 Å². The molecule has 0 aliphatic rings. The summed E-state index contributed by atoms with van der Waals surface area (Å²) in [5.74, 6) is -0.401. The van der Waals surface area contributed by atoms with Crippen molar-refractivity contribution in [3.8, 4) is 0 Å². The van der Waals surface area contributed by atoms with Gasteiger partial charge in [0.05, 0.1) is 6.42 Å². The predicted octanol–water partition coefficient (Wildman–Crippen LogP) is 1.47. The highest BCUT2D eigenvalue weighted by molar-refractivity contribution is 5.67. The topological polar surface area (TPSA) is 63.3 Å². The van der Waals surface area contributed by atoms with E-state index in [-0.39, 0.29) is 11.8 Å². The van der Waals surface area contributed by atoms with Gasteiger partial charge in [0.15, 0.2) is 0 Å². The zero-order chi connectivity index (χ0) is 9.78. The smallest absolute Gasteiger partial charge is 0.303 e. The molecule has 2 unspecified atom stereocenters. The average molecular weight is 173 g/mol. The standard InChI is InChI=1S/C9H19NO2/c1-4-7(2)9(3,6-10)5-8(11)12/h7H,4-6,10H2,1-3H3,(H,11,12). The van der Waals surface area contributed by atoms with Crippen molar-refractivity contribution in [1.29, 1.82) is 0 Å². The van der Waals surface area contributed by atoms with Gasteiger partial charge in [-0.05, 0) is 17.9 Å². The first kappa shape index (κ1) is 11.4. The Balaban J connectivity index is 4.32. The molecule has 0 fully saturated rings. The first-order valence-corrected chi connectivity index (χ1v) is 4.38. The van der Waals surface area contributed by atoms with Crippen LogP contribution in [-0.2, 0) is 4.79 Å². The number of carbonyl (C=O) groups is 1. The maximum atomic E-state index is 10.5. The summed E-state index contributed by atoms with van der Waals surface area (Å²) in [5, 5.41) is 8.67. The van der Waals surface area contributed by atoms with Gasteiger partial charge in [-0.1, -0.05) is 27.2 Å². The first-order valence-electron chi connectivity index (χ1n) is 4.38. The molecule has 0 heterocycles. The Morgan fingerprint density at radius 2 is 2.17 bits per heavy atom. The van der Waals surface area contributed by atoms with E-state index in [1.54, 1.807) is 0 Å². The largest absolute Gasteiger partial charge is 0.481 e. The summed E-state index contributed by atoms with van der Waals surface area (Å²) in [7, 11) is 0. The molecule has 0 bridgehead atoms. The van der Waals surface area contributed by atoms with Crippen LogP contribution >= 0.6 is 0 Å². The molecular formula is C9H19NO2. The van der Waals surface area contributed by atoms with Crippen molar-refractivity contribution < 1.29 is 9.90 Å². The summed E-state index contributed by atoms with van der Waals surface area (Å²) in [6.07, 6.45) is 1.14. The third-order valence-corrected chi connectivity index (χ3v) is 2.82. The Labute approximate surface area is 74.0 Å². The first-order chi connectivity index (χ1) is 5.46. The van der Waals surface area contributed by atoms with Gasteiger partial charge in [-0.25, -0.2) is 0 Å². The van der Waals surface area contributed by atoms with Crippen molar-refractivity contribution >= 4 is 5.97 Å². The third kappa shape index (κ3) is 2.81. The van der Waals surface area contributed by atoms with E-state index in [1.807, 2.05) is 6.92 Å². The van der Waals surface area contributed by atoms with Gasteiger partial charge in [0.1, 0.15) is 0 Å². The predicted molar refractivity (Wildman–Crippen MR) is 48.9 cm³/mol. The molecule has 3 N–H and O–H groups in total. The lowest BCUT2D eigenvalue weighted by Gasteiger charge is -2.32. The van der Waals surface area contributed by atoms with Crippen molar-refractivity contribution in [2.24, 2.45) is 17.1 Å². The normalized spacial score (nSPS) is 18.3. The van der Waals surface area contributed by atoms with Crippen molar-refractivity contribution in [3.63, 3.8) is 0 Å². The molecule has 0 aromatic rings. The fourth-order valence-corrected chi connectivity index (χ4v) is 1.29. The third-order valence-electron chi connectivity index (χ3n) is 2.82. The Hall–Kier alpha value is -0.570. The summed E-state index contributed by atoms with van der Waals surface area (Å²) in [5.41, 5.74) is 5.32. The van der Waals surface area contributed by atoms with Crippen molar-refractivity contribution in [3.05, 3.63) is 0 Å². The molecular weight excluding hydrogens is 154 g/mol.